The lowest BCUT2D eigenvalue weighted by Gasteiger charge is -2.11. The molecule has 16 heavy (non-hydrogen) atoms. The van der Waals surface area contributed by atoms with Gasteiger partial charge in [0.15, 0.2) is 5.78 Å². The molecule has 0 aromatic heterocycles. The average Bonchev–Trinajstić information content (AvgIpc) is 2.29. The topological polar surface area (TPSA) is 52.3 Å². The maximum absolute atomic E-state index is 11.9. The Morgan fingerprint density at radius 1 is 1.56 bits per heavy atom. The predicted molar refractivity (Wildman–Crippen MR) is 63.4 cm³/mol. The predicted octanol–water partition coefficient (Wildman–Crippen LogP) is 1.62. The van der Waals surface area contributed by atoms with Crippen LogP contribution in [0.1, 0.15) is 23.7 Å². The lowest BCUT2D eigenvalue weighted by atomic mass is 10.0. The van der Waals surface area contributed by atoms with E-state index in [0.717, 1.165) is 0 Å². The Morgan fingerprint density at radius 2 is 2.25 bits per heavy atom. The van der Waals surface area contributed by atoms with Gasteiger partial charge in [0.05, 0.1) is 18.2 Å². The van der Waals surface area contributed by atoms with Crippen LogP contribution in [0.25, 0.3) is 0 Å². The first-order chi connectivity index (χ1) is 7.70. The molecule has 2 N–H and O–H groups in total. The van der Waals surface area contributed by atoms with Crippen molar-refractivity contribution >= 4 is 5.78 Å². The third-order valence-electron chi connectivity index (χ3n) is 2.13. The molecule has 84 valence electrons. The number of rotatable bonds is 5. The number of ether oxygens (including phenoxy) is 1. The Hall–Kier alpha value is -1.79. The highest BCUT2D eigenvalue weighted by Gasteiger charge is 2.18. The van der Waals surface area contributed by atoms with Crippen molar-refractivity contribution in [2.75, 3.05) is 6.61 Å². The maximum atomic E-state index is 11.9. The Balaban J connectivity index is 2.94. The molecule has 1 rings (SSSR count). The van der Waals surface area contributed by atoms with Crippen molar-refractivity contribution in [2.24, 2.45) is 5.73 Å². The first kappa shape index (κ1) is 12.3. The smallest absolute Gasteiger partial charge is 0.184 e. The Bertz CT molecular complexity index is 407. The maximum Gasteiger partial charge on any atom is 0.184 e. The van der Waals surface area contributed by atoms with Crippen LogP contribution >= 0.6 is 0 Å². The first-order valence-electron chi connectivity index (χ1n) is 5.15. The van der Waals surface area contributed by atoms with Crippen LogP contribution in [0.15, 0.2) is 24.3 Å². The van der Waals surface area contributed by atoms with Gasteiger partial charge in [-0.1, -0.05) is 12.1 Å². The van der Waals surface area contributed by atoms with Gasteiger partial charge in [0.1, 0.15) is 5.75 Å². The number of Topliss-reactive ketones (excluding diaryl/α,β-unsaturated/α-hetero) is 1. The van der Waals surface area contributed by atoms with Gasteiger partial charge >= 0.3 is 0 Å². The lowest BCUT2D eigenvalue weighted by molar-refractivity contribution is 0.0959. The van der Waals surface area contributed by atoms with Gasteiger partial charge in [-0.25, -0.2) is 0 Å². The number of terminal acetylenes is 1. The van der Waals surface area contributed by atoms with Crippen molar-refractivity contribution in [1.29, 1.82) is 0 Å². The minimum absolute atomic E-state index is 0.179. The van der Waals surface area contributed by atoms with Gasteiger partial charge in [-0.3, -0.25) is 4.79 Å². The third kappa shape index (κ3) is 2.85. The molecule has 1 aromatic carbocycles. The summed E-state index contributed by atoms with van der Waals surface area (Å²) < 4.78 is 5.36. The molecule has 0 amide bonds. The van der Waals surface area contributed by atoms with Crippen LogP contribution in [-0.2, 0) is 0 Å². The molecule has 0 aliphatic rings. The number of carbonyl (C=O) groups excluding carboxylic acids is 1. The normalized spacial score (nSPS) is 11.6. The fourth-order valence-corrected chi connectivity index (χ4v) is 1.37. The number of nitrogens with two attached hydrogens (primary N) is 1. The van der Waals surface area contributed by atoms with E-state index in [0.29, 0.717) is 17.9 Å². The Morgan fingerprint density at radius 3 is 2.88 bits per heavy atom. The zero-order valence-corrected chi connectivity index (χ0v) is 9.27. The van der Waals surface area contributed by atoms with Gasteiger partial charge in [0, 0.05) is 6.42 Å². The highest BCUT2D eigenvalue weighted by Crippen LogP contribution is 2.19. The molecule has 3 nitrogen and oxygen atoms in total. The number of hydrogen-bond acceptors (Lipinski definition) is 3. The van der Waals surface area contributed by atoms with Crippen LogP contribution in [0.2, 0.25) is 0 Å². The second-order valence-corrected chi connectivity index (χ2v) is 3.31. The van der Waals surface area contributed by atoms with Crippen molar-refractivity contribution in [1.82, 2.24) is 0 Å². The van der Waals surface area contributed by atoms with E-state index >= 15 is 0 Å². The first-order valence-corrected chi connectivity index (χ1v) is 5.15. The van der Waals surface area contributed by atoms with Gasteiger partial charge < -0.3 is 10.5 Å². The summed E-state index contributed by atoms with van der Waals surface area (Å²) in [5.74, 6) is 2.76. The second-order valence-electron chi connectivity index (χ2n) is 3.31. The molecule has 0 radical (unpaired) electrons. The highest BCUT2D eigenvalue weighted by molar-refractivity contribution is 6.02. The third-order valence-corrected chi connectivity index (χ3v) is 2.13. The number of hydrogen-bond donors (Lipinski definition) is 1. The number of benzene rings is 1. The molecule has 0 saturated heterocycles. The number of ketones is 1. The zero-order chi connectivity index (χ0) is 12.0. The molecule has 0 spiro atoms. The van der Waals surface area contributed by atoms with Gasteiger partial charge in [0.25, 0.3) is 0 Å². The molecule has 0 saturated carbocycles. The number of para-hydroxylation sites is 1. The van der Waals surface area contributed by atoms with E-state index in [1.165, 1.54) is 0 Å². The van der Waals surface area contributed by atoms with Gasteiger partial charge in [-0.05, 0) is 19.1 Å². The summed E-state index contributed by atoms with van der Waals surface area (Å²) in [4.78, 5) is 11.9. The van der Waals surface area contributed by atoms with E-state index in [4.69, 9.17) is 16.9 Å². The van der Waals surface area contributed by atoms with E-state index in [2.05, 4.69) is 5.92 Å². The molecular formula is C13H15NO2. The van der Waals surface area contributed by atoms with E-state index < -0.39 is 6.04 Å². The quantitative estimate of drug-likeness (QED) is 0.602. The van der Waals surface area contributed by atoms with Gasteiger partial charge in [-0.2, -0.15) is 0 Å². The molecule has 0 fully saturated rings. The van der Waals surface area contributed by atoms with E-state index in [1.807, 2.05) is 13.0 Å². The van der Waals surface area contributed by atoms with Crippen LogP contribution < -0.4 is 10.5 Å². The van der Waals surface area contributed by atoms with Crippen LogP contribution in [0.4, 0.5) is 0 Å². The highest BCUT2D eigenvalue weighted by atomic mass is 16.5. The summed E-state index contributed by atoms with van der Waals surface area (Å²) >= 11 is 0. The monoisotopic (exact) mass is 217 g/mol. The Kier molecular flexibility index (Phi) is 4.56. The van der Waals surface area contributed by atoms with E-state index in [9.17, 15) is 4.79 Å². The summed E-state index contributed by atoms with van der Waals surface area (Å²) in [5.41, 5.74) is 6.17. The largest absolute Gasteiger partial charge is 0.493 e. The van der Waals surface area contributed by atoms with Gasteiger partial charge in [-0.15, -0.1) is 12.3 Å². The molecule has 0 aliphatic heterocycles. The summed E-state index contributed by atoms with van der Waals surface area (Å²) in [7, 11) is 0. The van der Waals surface area contributed by atoms with Crippen molar-refractivity contribution in [3.63, 3.8) is 0 Å². The molecule has 0 bridgehead atoms. The lowest BCUT2D eigenvalue weighted by Crippen LogP contribution is -2.30. The fourth-order valence-electron chi connectivity index (χ4n) is 1.37. The van der Waals surface area contributed by atoms with Crippen molar-refractivity contribution < 1.29 is 9.53 Å². The Labute approximate surface area is 95.6 Å². The average molecular weight is 217 g/mol. The van der Waals surface area contributed by atoms with E-state index in [-0.39, 0.29) is 12.2 Å². The van der Waals surface area contributed by atoms with Crippen LogP contribution in [0.5, 0.6) is 5.75 Å². The SMILES string of the molecule is C#CCC(N)C(=O)c1ccccc1OCC. The second kappa shape index (κ2) is 5.94. The van der Waals surface area contributed by atoms with Crippen LogP contribution in [0.3, 0.4) is 0 Å². The van der Waals surface area contributed by atoms with Crippen LogP contribution in [0, 0.1) is 12.3 Å². The molecule has 3 heteroatoms. The summed E-state index contributed by atoms with van der Waals surface area (Å²) in [6.45, 7) is 2.37. The molecular weight excluding hydrogens is 202 g/mol. The fraction of sp³-hybridized carbons (Fsp3) is 0.308. The molecule has 0 heterocycles. The van der Waals surface area contributed by atoms with E-state index in [1.54, 1.807) is 18.2 Å². The minimum Gasteiger partial charge on any atom is -0.493 e. The molecule has 1 unspecified atom stereocenters. The zero-order valence-electron chi connectivity index (χ0n) is 9.27. The van der Waals surface area contributed by atoms with Crippen LogP contribution in [-0.4, -0.2) is 18.4 Å². The standard InChI is InChI=1S/C13H15NO2/c1-3-7-11(14)13(15)10-8-5-6-9-12(10)16-4-2/h1,5-6,8-9,11H,4,7,14H2,2H3. The van der Waals surface area contributed by atoms with Gasteiger partial charge in [0.2, 0.25) is 0 Å². The van der Waals surface area contributed by atoms with Crippen molar-refractivity contribution in [3.8, 4) is 18.1 Å². The molecule has 0 aliphatic carbocycles. The minimum atomic E-state index is -0.661. The molecule has 1 aromatic rings. The summed E-state index contributed by atoms with van der Waals surface area (Å²) in [6, 6.07) is 6.38. The molecule has 1 atom stereocenters. The van der Waals surface area contributed by atoms with Crippen molar-refractivity contribution in [2.45, 2.75) is 19.4 Å². The number of carbonyl (C=O) groups is 1. The summed E-state index contributed by atoms with van der Waals surface area (Å²) in [5, 5.41) is 0. The summed E-state index contributed by atoms with van der Waals surface area (Å²) in [6.07, 6.45) is 5.36. The van der Waals surface area contributed by atoms with Crippen molar-refractivity contribution in [3.05, 3.63) is 29.8 Å².